The van der Waals surface area contributed by atoms with Gasteiger partial charge in [0.05, 0.1) is 26.4 Å². The molecule has 0 fully saturated rings. The number of carbonyl (C=O) groups excluding carboxylic acids is 6. The molecule has 0 heterocycles. The van der Waals surface area contributed by atoms with Crippen LogP contribution in [0.5, 0.6) is 11.5 Å². The fraction of sp³-hybridized carbons (Fsp3) is 0.500. The standard InChI is InChI=1S/C44H57FO14/c1-8-11-12-13-14-15-22-54-37-21-19-33(25-35(37)45)32-18-20-36(34(24-32)17-16-23-55-38(46)30(4)5)56-26-44(27-57-39(47)31(6)7,28-58-42(50)40(48)52-9-2)29-59-43(51)41(49)53-10-3/h18-21,24-25H,4,6,8-17,22-23,26-29H2,1-3,5,7H3. The van der Waals surface area contributed by atoms with E-state index < -0.39 is 73.5 Å². The molecule has 0 amide bonds. The summed E-state index contributed by atoms with van der Waals surface area (Å²) in [5, 5.41) is 0. The molecule has 0 unspecified atom stereocenters. The number of hydrogen-bond donors (Lipinski definition) is 0. The molecule has 0 bridgehead atoms. The zero-order valence-corrected chi connectivity index (χ0v) is 34.8. The Morgan fingerprint density at radius 3 is 1.58 bits per heavy atom. The van der Waals surface area contributed by atoms with Crippen molar-refractivity contribution in [2.75, 3.05) is 52.9 Å². The normalized spacial score (nSPS) is 10.8. The third kappa shape index (κ3) is 17.7. The van der Waals surface area contributed by atoms with Gasteiger partial charge in [-0.2, -0.15) is 0 Å². The summed E-state index contributed by atoms with van der Waals surface area (Å²) in [6.07, 6.45) is 7.03. The van der Waals surface area contributed by atoms with Crippen molar-refractivity contribution in [1.29, 1.82) is 0 Å². The maximum absolute atomic E-state index is 15.3. The van der Waals surface area contributed by atoms with Crippen LogP contribution in [0.1, 0.15) is 85.1 Å². The molecule has 324 valence electrons. The Morgan fingerprint density at radius 1 is 0.542 bits per heavy atom. The third-order valence-corrected chi connectivity index (χ3v) is 8.55. The van der Waals surface area contributed by atoms with E-state index >= 15 is 4.39 Å². The zero-order valence-electron chi connectivity index (χ0n) is 34.8. The number of aryl methyl sites for hydroxylation is 1. The van der Waals surface area contributed by atoms with Gasteiger partial charge in [0.1, 0.15) is 37.6 Å². The number of benzene rings is 2. The number of unbranched alkanes of at least 4 members (excludes halogenated alkanes) is 5. The molecule has 0 spiro atoms. The van der Waals surface area contributed by atoms with Crippen LogP contribution in [0.4, 0.5) is 4.39 Å². The highest BCUT2D eigenvalue weighted by atomic mass is 19.1. The lowest BCUT2D eigenvalue weighted by atomic mass is 9.91. The summed E-state index contributed by atoms with van der Waals surface area (Å²) in [5.41, 5.74) is 0.239. The van der Waals surface area contributed by atoms with Crippen LogP contribution in [-0.2, 0) is 63.6 Å². The van der Waals surface area contributed by atoms with Crippen molar-refractivity contribution < 1.29 is 71.1 Å². The summed E-state index contributed by atoms with van der Waals surface area (Å²) in [6.45, 7) is 12.8. The fourth-order valence-corrected chi connectivity index (χ4v) is 5.27. The lowest BCUT2D eigenvalue weighted by molar-refractivity contribution is -0.178. The third-order valence-electron chi connectivity index (χ3n) is 8.55. The van der Waals surface area contributed by atoms with E-state index in [1.54, 1.807) is 30.3 Å². The molecule has 0 atom stereocenters. The predicted octanol–water partition coefficient (Wildman–Crippen LogP) is 6.98. The first-order valence-electron chi connectivity index (χ1n) is 19.7. The van der Waals surface area contributed by atoms with E-state index in [0.29, 0.717) is 29.7 Å². The summed E-state index contributed by atoms with van der Waals surface area (Å²) in [4.78, 5) is 73.9. The Bertz CT molecular complexity index is 1730. The maximum Gasteiger partial charge on any atom is 0.417 e. The minimum Gasteiger partial charge on any atom is -0.492 e. The van der Waals surface area contributed by atoms with Gasteiger partial charge < -0.3 is 37.9 Å². The van der Waals surface area contributed by atoms with Crippen LogP contribution in [0.3, 0.4) is 0 Å². The number of carbonyl (C=O) groups is 6. The van der Waals surface area contributed by atoms with E-state index in [-0.39, 0.29) is 48.9 Å². The van der Waals surface area contributed by atoms with Gasteiger partial charge in [0.25, 0.3) is 0 Å². The highest BCUT2D eigenvalue weighted by Gasteiger charge is 2.39. The quantitative estimate of drug-likeness (QED) is 0.0312. The van der Waals surface area contributed by atoms with Crippen LogP contribution >= 0.6 is 0 Å². The number of hydrogen-bond acceptors (Lipinski definition) is 14. The van der Waals surface area contributed by atoms with Gasteiger partial charge in [-0.1, -0.05) is 64.3 Å². The SMILES string of the molecule is C=C(C)C(=O)OCCCc1cc(-c2ccc(OCCCCCCCC)c(F)c2)ccc1OCC(COC(=O)C(=C)C)(COC(=O)C(=O)OCC)COC(=O)C(=O)OCC. The van der Waals surface area contributed by atoms with Gasteiger partial charge in [-0.05, 0) is 87.9 Å². The minimum absolute atomic E-state index is 0.0194. The average molecular weight is 829 g/mol. The Morgan fingerprint density at radius 2 is 1.03 bits per heavy atom. The molecule has 0 aromatic heterocycles. The monoisotopic (exact) mass is 828 g/mol. The molecule has 0 saturated carbocycles. The number of halogens is 1. The van der Waals surface area contributed by atoms with Crippen molar-refractivity contribution in [3.63, 3.8) is 0 Å². The number of rotatable bonds is 26. The molecule has 0 N–H and O–H groups in total. The van der Waals surface area contributed by atoms with Gasteiger partial charge in [-0.3, -0.25) is 0 Å². The lowest BCUT2D eigenvalue weighted by Crippen LogP contribution is -2.45. The van der Waals surface area contributed by atoms with Crippen molar-refractivity contribution >= 4 is 35.8 Å². The Kier molecular flexibility index (Phi) is 22.0. The molecule has 0 radical (unpaired) electrons. The van der Waals surface area contributed by atoms with Crippen molar-refractivity contribution in [3.05, 3.63) is 72.1 Å². The van der Waals surface area contributed by atoms with Crippen LogP contribution in [0.2, 0.25) is 0 Å². The zero-order chi connectivity index (χ0) is 43.8. The molecule has 14 nitrogen and oxygen atoms in total. The van der Waals surface area contributed by atoms with Gasteiger partial charge in [0.2, 0.25) is 0 Å². The number of esters is 6. The van der Waals surface area contributed by atoms with Crippen molar-refractivity contribution in [3.8, 4) is 22.6 Å². The summed E-state index contributed by atoms with van der Waals surface area (Å²) in [7, 11) is 0. The van der Waals surface area contributed by atoms with Crippen LogP contribution in [0, 0.1) is 11.2 Å². The predicted molar refractivity (Wildman–Crippen MR) is 214 cm³/mol. The first kappa shape index (κ1) is 49.4. The van der Waals surface area contributed by atoms with Gasteiger partial charge in [0, 0.05) is 11.1 Å². The Balaban J connectivity index is 2.49. The van der Waals surface area contributed by atoms with E-state index in [1.165, 1.54) is 40.2 Å². The summed E-state index contributed by atoms with van der Waals surface area (Å²) in [6, 6.07) is 9.69. The molecule has 2 aromatic carbocycles. The maximum atomic E-state index is 15.3. The van der Waals surface area contributed by atoms with Crippen LogP contribution < -0.4 is 9.47 Å². The molecule has 0 aliphatic carbocycles. The van der Waals surface area contributed by atoms with Crippen molar-refractivity contribution in [2.45, 2.75) is 86.0 Å². The van der Waals surface area contributed by atoms with E-state index in [1.807, 2.05) is 0 Å². The molecule has 0 saturated heterocycles. The van der Waals surface area contributed by atoms with Crippen LogP contribution in [0.15, 0.2) is 60.7 Å². The molecular weight excluding hydrogens is 771 g/mol. The smallest absolute Gasteiger partial charge is 0.417 e. The van der Waals surface area contributed by atoms with E-state index in [9.17, 15) is 28.8 Å². The lowest BCUT2D eigenvalue weighted by Gasteiger charge is -2.32. The molecule has 0 aliphatic heterocycles. The van der Waals surface area contributed by atoms with Crippen LogP contribution in [0.25, 0.3) is 11.1 Å². The van der Waals surface area contributed by atoms with Gasteiger partial charge in [0.15, 0.2) is 11.6 Å². The largest absolute Gasteiger partial charge is 0.492 e. The second-order valence-electron chi connectivity index (χ2n) is 13.8. The van der Waals surface area contributed by atoms with Gasteiger partial charge in [-0.15, -0.1) is 0 Å². The second kappa shape index (κ2) is 26.3. The second-order valence-corrected chi connectivity index (χ2v) is 13.8. The van der Waals surface area contributed by atoms with Gasteiger partial charge in [-0.25, -0.2) is 33.2 Å². The highest BCUT2D eigenvalue weighted by molar-refractivity contribution is 6.30. The molecule has 15 heteroatoms. The Hall–Kier alpha value is -5.73. The average Bonchev–Trinajstić information content (AvgIpc) is 3.21. The summed E-state index contributed by atoms with van der Waals surface area (Å²) >= 11 is 0. The highest BCUT2D eigenvalue weighted by Crippen LogP contribution is 2.32. The fourth-order valence-electron chi connectivity index (χ4n) is 5.27. The first-order chi connectivity index (χ1) is 28.2. The van der Waals surface area contributed by atoms with E-state index in [4.69, 9.17) is 37.9 Å². The molecular formula is C44H57FO14. The summed E-state index contributed by atoms with van der Waals surface area (Å²) in [5.74, 6) is -6.93. The molecule has 59 heavy (non-hydrogen) atoms. The van der Waals surface area contributed by atoms with Crippen molar-refractivity contribution in [2.24, 2.45) is 5.41 Å². The summed E-state index contributed by atoms with van der Waals surface area (Å²) < 4.78 is 57.8. The van der Waals surface area contributed by atoms with Crippen molar-refractivity contribution in [1.82, 2.24) is 0 Å². The molecule has 0 aliphatic rings. The van der Waals surface area contributed by atoms with Crippen LogP contribution in [-0.4, -0.2) is 88.7 Å². The van der Waals surface area contributed by atoms with E-state index in [0.717, 1.165) is 32.1 Å². The molecule has 2 aromatic rings. The minimum atomic E-state index is -1.73. The molecule has 2 rings (SSSR count). The Labute approximate surface area is 345 Å². The van der Waals surface area contributed by atoms with Gasteiger partial charge >= 0.3 is 35.8 Å². The van der Waals surface area contributed by atoms with E-state index in [2.05, 4.69) is 20.1 Å². The number of ether oxygens (including phenoxy) is 8. The topological polar surface area (TPSA) is 176 Å². The first-order valence-corrected chi connectivity index (χ1v) is 19.7.